The Morgan fingerprint density at radius 1 is 1.10 bits per heavy atom. The largest absolute Gasteiger partial charge is 0.481 e. The average Bonchev–Trinajstić information content (AvgIpc) is 3.30. The minimum Gasteiger partial charge on any atom is -0.481 e. The van der Waals surface area contributed by atoms with E-state index in [0.29, 0.717) is 25.4 Å². The van der Waals surface area contributed by atoms with Gasteiger partial charge in [-0.3, -0.25) is 9.59 Å². The van der Waals surface area contributed by atoms with E-state index < -0.39 is 17.7 Å². The van der Waals surface area contributed by atoms with Crippen molar-refractivity contribution in [1.82, 2.24) is 10.6 Å². The highest BCUT2D eigenvalue weighted by Crippen LogP contribution is 2.44. The van der Waals surface area contributed by atoms with E-state index in [0.717, 1.165) is 38.5 Å². The maximum absolute atomic E-state index is 12.7. The van der Waals surface area contributed by atoms with E-state index in [-0.39, 0.29) is 30.5 Å². The lowest BCUT2D eigenvalue weighted by Crippen LogP contribution is -2.49. The maximum atomic E-state index is 12.7. The lowest BCUT2D eigenvalue weighted by Gasteiger charge is -2.29. The summed E-state index contributed by atoms with van der Waals surface area (Å²) in [5.74, 6) is -0.531. The number of rotatable bonds is 13. The number of hydrogen-bond acceptors (Lipinski definition) is 5. The monoisotopic (exact) mass is 438 g/mol. The van der Waals surface area contributed by atoms with E-state index in [1.165, 1.54) is 0 Å². The van der Waals surface area contributed by atoms with Crippen molar-refractivity contribution < 1.29 is 29.0 Å². The number of hydrogen-bond donors (Lipinski definition) is 3. The number of aliphatic carboxylic acids is 1. The quantitative estimate of drug-likeness (QED) is 0.300. The van der Waals surface area contributed by atoms with Crippen molar-refractivity contribution in [3.05, 3.63) is 12.2 Å². The summed E-state index contributed by atoms with van der Waals surface area (Å²) in [6, 6.07) is 0. The van der Waals surface area contributed by atoms with Gasteiger partial charge in [-0.25, -0.2) is 4.79 Å². The molecule has 176 valence electrons. The van der Waals surface area contributed by atoms with Crippen LogP contribution >= 0.6 is 0 Å². The molecule has 2 bridgehead atoms. The third-order valence-corrected chi connectivity index (χ3v) is 6.12. The van der Waals surface area contributed by atoms with E-state index in [1.54, 1.807) is 13.8 Å². The first-order chi connectivity index (χ1) is 14.7. The van der Waals surface area contributed by atoms with Gasteiger partial charge in [-0.1, -0.05) is 25.5 Å². The van der Waals surface area contributed by atoms with Gasteiger partial charge in [-0.15, -0.1) is 0 Å². The van der Waals surface area contributed by atoms with Gasteiger partial charge in [0.2, 0.25) is 0 Å². The van der Waals surface area contributed by atoms with Crippen LogP contribution in [-0.4, -0.2) is 54.0 Å². The maximum Gasteiger partial charge on any atom is 0.408 e. The number of fused-ring (bicyclic) bond motifs is 2. The van der Waals surface area contributed by atoms with Crippen molar-refractivity contribution in [2.45, 2.75) is 89.9 Å². The third-order valence-electron chi connectivity index (χ3n) is 6.12. The van der Waals surface area contributed by atoms with E-state index in [2.05, 4.69) is 16.7 Å². The highest BCUT2D eigenvalue weighted by Gasteiger charge is 2.48. The molecule has 3 N–H and O–H groups in total. The number of carbonyl (C=O) groups is 3. The molecule has 4 atom stereocenters. The topological polar surface area (TPSA) is 114 Å². The standard InChI is InChI=1S/C23H38N2O6/c1-4-5-14-24-22(29)31-23(2,3)21(28)25-15-17-16(18-12-13-19(17)30-18)10-8-6-7-9-11-20(26)27/h6,8,16-19H,4-5,7,9-15H2,1-3H3,(H,24,29)(H,25,28)(H,26,27)/t16-,17+,18-,19+/m1/s1. The van der Waals surface area contributed by atoms with Gasteiger partial charge in [-0.2, -0.15) is 0 Å². The molecule has 2 heterocycles. The smallest absolute Gasteiger partial charge is 0.408 e. The van der Waals surface area contributed by atoms with Crippen molar-refractivity contribution >= 4 is 18.0 Å². The molecule has 2 amide bonds. The zero-order valence-electron chi connectivity index (χ0n) is 19.0. The molecule has 0 aliphatic carbocycles. The minimum absolute atomic E-state index is 0.150. The van der Waals surface area contributed by atoms with Crippen LogP contribution in [0.5, 0.6) is 0 Å². The molecule has 8 nitrogen and oxygen atoms in total. The van der Waals surface area contributed by atoms with Crippen LogP contribution in [0, 0.1) is 11.8 Å². The van der Waals surface area contributed by atoms with Gasteiger partial charge in [0.05, 0.1) is 12.2 Å². The molecule has 2 rings (SSSR count). The molecule has 8 heteroatoms. The lowest BCUT2D eigenvalue weighted by atomic mass is 9.77. The number of allylic oxidation sites excluding steroid dienone is 2. The fourth-order valence-electron chi connectivity index (χ4n) is 4.33. The molecule has 2 fully saturated rings. The Kier molecular flexibility index (Phi) is 9.81. The molecule has 0 radical (unpaired) electrons. The van der Waals surface area contributed by atoms with Crippen LogP contribution in [0.2, 0.25) is 0 Å². The van der Waals surface area contributed by atoms with Crippen molar-refractivity contribution in [2.75, 3.05) is 13.1 Å². The average molecular weight is 439 g/mol. The van der Waals surface area contributed by atoms with E-state index in [9.17, 15) is 14.4 Å². The number of amides is 2. The molecular weight excluding hydrogens is 400 g/mol. The summed E-state index contributed by atoms with van der Waals surface area (Å²) < 4.78 is 11.4. The molecular formula is C23H38N2O6. The van der Waals surface area contributed by atoms with Crippen LogP contribution < -0.4 is 10.6 Å². The molecule has 0 unspecified atom stereocenters. The molecule has 2 aliphatic heterocycles. The summed E-state index contributed by atoms with van der Waals surface area (Å²) in [6.07, 6.45) is 10.2. The fourth-order valence-corrected chi connectivity index (χ4v) is 4.33. The van der Waals surface area contributed by atoms with Gasteiger partial charge >= 0.3 is 12.1 Å². The summed E-state index contributed by atoms with van der Waals surface area (Å²) in [5.41, 5.74) is -1.26. The number of alkyl carbamates (subject to hydrolysis) is 1. The summed E-state index contributed by atoms with van der Waals surface area (Å²) in [6.45, 7) is 6.24. The predicted octanol–water partition coefficient (Wildman–Crippen LogP) is 3.40. The van der Waals surface area contributed by atoms with Crippen LogP contribution in [-0.2, 0) is 19.1 Å². The van der Waals surface area contributed by atoms with Crippen molar-refractivity contribution in [1.29, 1.82) is 0 Å². The molecule has 31 heavy (non-hydrogen) atoms. The normalized spacial score (nSPS) is 25.0. The molecule has 0 saturated carbocycles. The molecule has 0 aromatic rings. The Bertz CT molecular complexity index is 648. The number of nitrogens with one attached hydrogen (secondary N) is 2. The lowest BCUT2D eigenvalue weighted by molar-refractivity contribution is -0.137. The number of carbonyl (C=O) groups excluding carboxylic acids is 2. The van der Waals surface area contributed by atoms with Crippen molar-refractivity contribution in [3.63, 3.8) is 0 Å². The van der Waals surface area contributed by atoms with Gasteiger partial charge in [0, 0.05) is 25.4 Å². The van der Waals surface area contributed by atoms with Crippen molar-refractivity contribution in [2.24, 2.45) is 11.8 Å². The summed E-state index contributed by atoms with van der Waals surface area (Å²) in [5, 5.41) is 14.3. The minimum atomic E-state index is -1.26. The first-order valence-electron chi connectivity index (χ1n) is 11.5. The first kappa shape index (κ1) is 25.2. The molecule has 2 saturated heterocycles. The zero-order chi connectivity index (χ0) is 22.9. The van der Waals surface area contributed by atoms with Gasteiger partial charge in [0.1, 0.15) is 0 Å². The first-order valence-corrected chi connectivity index (χ1v) is 11.5. The number of unbranched alkanes of at least 4 members (excludes halogenated alkanes) is 2. The zero-order valence-corrected chi connectivity index (χ0v) is 19.0. The van der Waals surface area contributed by atoms with Gasteiger partial charge in [-0.05, 0) is 58.3 Å². The second kappa shape index (κ2) is 12.1. The van der Waals surface area contributed by atoms with Gasteiger partial charge in [0.25, 0.3) is 5.91 Å². The second-order valence-corrected chi connectivity index (χ2v) is 9.00. The van der Waals surface area contributed by atoms with Crippen LogP contribution in [0.3, 0.4) is 0 Å². The van der Waals surface area contributed by atoms with Gasteiger partial charge < -0.3 is 25.2 Å². The molecule has 0 spiro atoms. The van der Waals surface area contributed by atoms with Crippen molar-refractivity contribution in [3.8, 4) is 0 Å². The fraction of sp³-hybridized carbons (Fsp3) is 0.783. The summed E-state index contributed by atoms with van der Waals surface area (Å²) in [7, 11) is 0. The Morgan fingerprint density at radius 2 is 1.81 bits per heavy atom. The van der Waals surface area contributed by atoms with Crippen LogP contribution in [0.1, 0.15) is 72.1 Å². The third kappa shape index (κ3) is 7.83. The number of ether oxygens (including phenoxy) is 2. The van der Waals surface area contributed by atoms with Crippen LogP contribution in [0.25, 0.3) is 0 Å². The highest BCUT2D eigenvalue weighted by molar-refractivity contribution is 5.86. The Hall–Kier alpha value is -2.09. The van der Waals surface area contributed by atoms with Gasteiger partial charge in [0.15, 0.2) is 5.60 Å². The Labute approximate surface area is 185 Å². The SMILES string of the molecule is CCCCNC(=O)OC(C)(C)C(=O)NC[C@H]1[C@@H](CC=CCCCC(=O)O)[C@H]2CC[C@@H]1O2. The number of carboxylic acid groups (broad SMARTS) is 1. The van der Waals surface area contributed by atoms with E-state index >= 15 is 0 Å². The highest BCUT2D eigenvalue weighted by atomic mass is 16.6. The Morgan fingerprint density at radius 3 is 2.48 bits per heavy atom. The molecule has 0 aromatic carbocycles. The summed E-state index contributed by atoms with van der Waals surface area (Å²) >= 11 is 0. The second-order valence-electron chi connectivity index (χ2n) is 9.00. The van der Waals surface area contributed by atoms with Crippen LogP contribution in [0.15, 0.2) is 12.2 Å². The summed E-state index contributed by atoms with van der Waals surface area (Å²) in [4.78, 5) is 35.2. The Balaban J connectivity index is 1.80. The molecule has 2 aliphatic rings. The molecule has 0 aromatic heterocycles. The van der Waals surface area contributed by atoms with Crippen LogP contribution in [0.4, 0.5) is 4.79 Å². The number of carboxylic acids is 1. The van der Waals surface area contributed by atoms with E-state index in [4.69, 9.17) is 14.6 Å². The van der Waals surface area contributed by atoms with E-state index in [1.807, 2.05) is 13.0 Å². The predicted molar refractivity (Wildman–Crippen MR) is 117 cm³/mol.